The van der Waals surface area contributed by atoms with Crippen molar-refractivity contribution >= 4 is 9.84 Å². The van der Waals surface area contributed by atoms with Crippen molar-refractivity contribution in [2.75, 3.05) is 6.26 Å². The van der Waals surface area contributed by atoms with Crippen LogP contribution in [0.15, 0.2) is 24.3 Å². The minimum Gasteiger partial charge on any atom is -0.229 e. The van der Waals surface area contributed by atoms with Gasteiger partial charge >= 0.3 is 0 Å². The molecule has 0 fully saturated rings. The van der Waals surface area contributed by atoms with E-state index >= 15 is 0 Å². The van der Waals surface area contributed by atoms with Crippen LogP contribution in [0.2, 0.25) is 0 Å². The molecule has 0 aromatic heterocycles. The Morgan fingerprint density at radius 1 is 1.17 bits per heavy atom. The van der Waals surface area contributed by atoms with Crippen molar-refractivity contribution in [3.05, 3.63) is 35.4 Å². The third kappa shape index (κ3) is 3.05. The SMILES string of the molecule is Cc1ccc(CS(C)(=O)=O)cc1. The molecule has 0 saturated heterocycles. The zero-order valence-corrected chi connectivity index (χ0v) is 8.06. The first kappa shape index (κ1) is 9.26. The summed E-state index contributed by atoms with van der Waals surface area (Å²) in [6.07, 6.45) is 1.24. The monoisotopic (exact) mass is 184 g/mol. The summed E-state index contributed by atoms with van der Waals surface area (Å²) in [4.78, 5) is 0. The van der Waals surface area contributed by atoms with Crippen LogP contribution < -0.4 is 0 Å². The standard InChI is InChI=1S/C9H12O2S/c1-8-3-5-9(6-4-8)7-12(2,10)11/h3-6H,7H2,1-2H3. The van der Waals surface area contributed by atoms with Crippen LogP contribution in [0.4, 0.5) is 0 Å². The molecule has 0 atom stereocenters. The predicted molar refractivity (Wildman–Crippen MR) is 49.7 cm³/mol. The van der Waals surface area contributed by atoms with Crippen molar-refractivity contribution in [3.63, 3.8) is 0 Å². The van der Waals surface area contributed by atoms with E-state index in [1.165, 1.54) is 6.26 Å². The normalized spacial score (nSPS) is 11.5. The van der Waals surface area contributed by atoms with E-state index in [1.807, 2.05) is 31.2 Å². The van der Waals surface area contributed by atoms with Crippen molar-refractivity contribution in [3.8, 4) is 0 Å². The van der Waals surface area contributed by atoms with Gasteiger partial charge < -0.3 is 0 Å². The lowest BCUT2D eigenvalue weighted by molar-refractivity contribution is 0.601. The van der Waals surface area contributed by atoms with Crippen molar-refractivity contribution in [1.82, 2.24) is 0 Å². The van der Waals surface area contributed by atoms with E-state index in [0.29, 0.717) is 0 Å². The number of rotatable bonds is 2. The Labute approximate surface area is 73.2 Å². The van der Waals surface area contributed by atoms with Gasteiger partial charge in [0.15, 0.2) is 9.84 Å². The van der Waals surface area contributed by atoms with E-state index < -0.39 is 9.84 Å². The highest BCUT2D eigenvalue weighted by molar-refractivity contribution is 7.89. The van der Waals surface area contributed by atoms with Crippen molar-refractivity contribution in [2.24, 2.45) is 0 Å². The second kappa shape index (κ2) is 3.27. The second-order valence-corrected chi connectivity index (χ2v) is 5.20. The first-order valence-electron chi connectivity index (χ1n) is 3.71. The van der Waals surface area contributed by atoms with Gasteiger partial charge in [-0.15, -0.1) is 0 Å². The largest absolute Gasteiger partial charge is 0.229 e. The smallest absolute Gasteiger partial charge is 0.151 e. The number of hydrogen-bond donors (Lipinski definition) is 0. The molecule has 0 saturated carbocycles. The summed E-state index contributed by atoms with van der Waals surface area (Å²) in [5.74, 6) is 0.132. The summed E-state index contributed by atoms with van der Waals surface area (Å²) < 4.78 is 21.8. The third-order valence-electron chi connectivity index (χ3n) is 1.55. The minimum absolute atomic E-state index is 0.132. The van der Waals surface area contributed by atoms with Crippen molar-refractivity contribution < 1.29 is 8.42 Å². The average Bonchev–Trinajstić information content (AvgIpc) is 1.91. The number of aryl methyl sites for hydroxylation is 1. The molecule has 0 aliphatic carbocycles. The fourth-order valence-electron chi connectivity index (χ4n) is 0.987. The third-order valence-corrected chi connectivity index (χ3v) is 2.41. The molecule has 1 aromatic carbocycles. The van der Waals surface area contributed by atoms with Crippen LogP contribution in [0.1, 0.15) is 11.1 Å². The molecular formula is C9H12O2S. The van der Waals surface area contributed by atoms with Crippen LogP contribution in [0.5, 0.6) is 0 Å². The first-order chi connectivity index (χ1) is 5.47. The molecule has 66 valence electrons. The van der Waals surface area contributed by atoms with E-state index in [2.05, 4.69) is 0 Å². The molecule has 0 radical (unpaired) electrons. The Hall–Kier alpha value is -0.830. The molecule has 0 bridgehead atoms. The molecular weight excluding hydrogens is 172 g/mol. The molecule has 3 heteroatoms. The fourth-order valence-corrected chi connectivity index (χ4v) is 1.79. The van der Waals surface area contributed by atoms with Crippen LogP contribution in [0.3, 0.4) is 0 Å². The molecule has 0 aliphatic rings. The molecule has 12 heavy (non-hydrogen) atoms. The highest BCUT2D eigenvalue weighted by Gasteiger charge is 2.02. The fraction of sp³-hybridized carbons (Fsp3) is 0.333. The zero-order chi connectivity index (χ0) is 9.19. The lowest BCUT2D eigenvalue weighted by Gasteiger charge is -1.98. The number of sulfone groups is 1. The highest BCUT2D eigenvalue weighted by atomic mass is 32.2. The van der Waals surface area contributed by atoms with Crippen LogP contribution in [0.25, 0.3) is 0 Å². The Morgan fingerprint density at radius 2 is 1.67 bits per heavy atom. The molecule has 0 aliphatic heterocycles. The quantitative estimate of drug-likeness (QED) is 0.698. The maximum Gasteiger partial charge on any atom is 0.151 e. The average molecular weight is 184 g/mol. The molecule has 0 spiro atoms. The van der Waals surface area contributed by atoms with Gasteiger partial charge in [0.25, 0.3) is 0 Å². The van der Waals surface area contributed by atoms with Crippen LogP contribution in [-0.4, -0.2) is 14.7 Å². The zero-order valence-electron chi connectivity index (χ0n) is 7.24. The summed E-state index contributed by atoms with van der Waals surface area (Å²) in [5, 5.41) is 0. The molecule has 0 unspecified atom stereocenters. The summed E-state index contributed by atoms with van der Waals surface area (Å²) in [6, 6.07) is 7.52. The summed E-state index contributed by atoms with van der Waals surface area (Å²) in [7, 11) is -2.89. The van der Waals surface area contributed by atoms with Gasteiger partial charge in [0.05, 0.1) is 5.75 Å². The predicted octanol–water partition coefficient (Wildman–Crippen LogP) is 1.54. The van der Waals surface area contributed by atoms with E-state index in [4.69, 9.17) is 0 Å². The molecule has 0 amide bonds. The highest BCUT2D eigenvalue weighted by Crippen LogP contribution is 2.06. The number of hydrogen-bond acceptors (Lipinski definition) is 2. The first-order valence-corrected chi connectivity index (χ1v) is 5.77. The van der Waals surface area contributed by atoms with Gasteiger partial charge in [-0.05, 0) is 12.5 Å². The Bertz CT molecular complexity index is 349. The van der Waals surface area contributed by atoms with Gasteiger partial charge in [-0.3, -0.25) is 0 Å². The van der Waals surface area contributed by atoms with E-state index in [9.17, 15) is 8.42 Å². The van der Waals surface area contributed by atoms with Gasteiger partial charge in [-0.2, -0.15) is 0 Å². The van der Waals surface area contributed by atoms with Gasteiger partial charge in [-0.25, -0.2) is 8.42 Å². The molecule has 0 N–H and O–H groups in total. The van der Waals surface area contributed by atoms with Crippen LogP contribution in [0, 0.1) is 6.92 Å². The Kier molecular flexibility index (Phi) is 2.52. The van der Waals surface area contributed by atoms with Crippen LogP contribution in [-0.2, 0) is 15.6 Å². The van der Waals surface area contributed by atoms with Crippen LogP contribution >= 0.6 is 0 Å². The summed E-state index contributed by atoms with van der Waals surface area (Å²) >= 11 is 0. The molecule has 0 heterocycles. The summed E-state index contributed by atoms with van der Waals surface area (Å²) in [6.45, 7) is 1.98. The number of benzene rings is 1. The maximum atomic E-state index is 10.9. The Balaban J connectivity index is 2.85. The van der Waals surface area contributed by atoms with Crippen molar-refractivity contribution in [2.45, 2.75) is 12.7 Å². The van der Waals surface area contributed by atoms with E-state index in [1.54, 1.807) is 0 Å². The molecule has 1 rings (SSSR count). The second-order valence-electron chi connectivity index (χ2n) is 3.06. The molecule has 1 aromatic rings. The topological polar surface area (TPSA) is 34.1 Å². The van der Waals surface area contributed by atoms with E-state index in [-0.39, 0.29) is 5.75 Å². The van der Waals surface area contributed by atoms with Gasteiger partial charge in [0.2, 0.25) is 0 Å². The van der Waals surface area contributed by atoms with Gasteiger partial charge in [0, 0.05) is 6.26 Å². The minimum atomic E-state index is -2.89. The van der Waals surface area contributed by atoms with Gasteiger partial charge in [-0.1, -0.05) is 29.8 Å². The van der Waals surface area contributed by atoms with Gasteiger partial charge in [0.1, 0.15) is 0 Å². The maximum absolute atomic E-state index is 10.9. The van der Waals surface area contributed by atoms with E-state index in [0.717, 1.165) is 11.1 Å². The molecule has 2 nitrogen and oxygen atoms in total. The lowest BCUT2D eigenvalue weighted by Crippen LogP contribution is -2.00. The summed E-state index contributed by atoms with van der Waals surface area (Å²) in [5.41, 5.74) is 2.00. The lowest BCUT2D eigenvalue weighted by atomic mass is 10.2. The van der Waals surface area contributed by atoms with Crippen molar-refractivity contribution in [1.29, 1.82) is 0 Å². The Morgan fingerprint density at radius 3 is 2.08 bits per heavy atom.